The van der Waals surface area contributed by atoms with Crippen LogP contribution < -0.4 is 4.90 Å². The fraction of sp³-hybridized carbons (Fsp3) is 0.583. The lowest BCUT2D eigenvalue weighted by Crippen LogP contribution is -2.42. The van der Waals surface area contributed by atoms with E-state index in [-0.39, 0.29) is 5.03 Å². The third kappa shape index (κ3) is 3.67. The van der Waals surface area contributed by atoms with Crippen LogP contribution >= 0.6 is 15.9 Å². The van der Waals surface area contributed by atoms with Gasteiger partial charge in [0.25, 0.3) is 0 Å². The van der Waals surface area contributed by atoms with Gasteiger partial charge in [-0.25, -0.2) is 13.4 Å². The fourth-order valence-corrected chi connectivity index (χ4v) is 3.22. The zero-order valence-corrected chi connectivity index (χ0v) is 13.3. The van der Waals surface area contributed by atoms with Crippen molar-refractivity contribution < 1.29 is 13.5 Å². The largest absolute Gasteiger partial charge is 0.390 e. The molecule has 0 aliphatic carbocycles. The molecule has 0 amide bonds. The van der Waals surface area contributed by atoms with Crippen LogP contribution in [0.25, 0.3) is 0 Å². The van der Waals surface area contributed by atoms with E-state index < -0.39 is 15.4 Å². The van der Waals surface area contributed by atoms with E-state index in [1.807, 2.05) is 6.92 Å². The Balaban J connectivity index is 2.29. The highest BCUT2D eigenvalue weighted by molar-refractivity contribution is 9.10. The summed E-state index contributed by atoms with van der Waals surface area (Å²) in [6.07, 6.45) is 2.48. The van der Waals surface area contributed by atoms with E-state index in [1.165, 1.54) is 0 Å². The van der Waals surface area contributed by atoms with Crippen LogP contribution in [0.5, 0.6) is 0 Å². The van der Waals surface area contributed by atoms with E-state index in [9.17, 15) is 13.5 Å². The predicted molar refractivity (Wildman–Crippen MR) is 77.1 cm³/mol. The number of halogens is 1. The highest BCUT2D eigenvalue weighted by Crippen LogP contribution is 2.28. The van der Waals surface area contributed by atoms with Crippen molar-refractivity contribution in [2.75, 3.05) is 24.2 Å². The Kier molecular flexibility index (Phi) is 3.90. The second-order valence-corrected chi connectivity index (χ2v) is 8.02. The van der Waals surface area contributed by atoms with Gasteiger partial charge in [0.2, 0.25) is 0 Å². The molecule has 0 bridgehead atoms. The van der Waals surface area contributed by atoms with Gasteiger partial charge in [-0.3, -0.25) is 0 Å². The Morgan fingerprint density at radius 1 is 1.37 bits per heavy atom. The molecule has 0 saturated carbocycles. The first kappa shape index (κ1) is 14.7. The molecule has 0 aromatic carbocycles. The maximum absolute atomic E-state index is 11.6. The second kappa shape index (κ2) is 5.03. The Morgan fingerprint density at radius 3 is 2.47 bits per heavy atom. The van der Waals surface area contributed by atoms with Crippen LogP contribution in [0.15, 0.2) is 21.8 Å². The number of aromatic nitrogens is 1. The van der Waals surface area contributed by atoms with Gasteiger partial charge in [-0.2, -0.15) is 0 Å². The van der Waals surface area contributed by atoms with Crippen molar-refractivity contribution in [3.8, 4) is 0 Å². The fourth-order valence-electron chi connectivity index (χ4n) is 2.08. The van der Waals surface area contributed by atoms with Crippen LogP contribution in [0.4, 0.5) is 5.69 Å². The smallest absolute Gasteiger partial charge is 0.192 e. The van der Waals surface area contributed by atoms with Gasteiger partial charge in [-0.15, -0.1) is 0 Å². The van der Waals surface area contributed by atoms with Crippen molar-refractivity contribution in [1.82, 2.24) is 4.98 Å². The minimum atomic E-state index is -3.33. The summed E-state index contributed by atoms with van der Waals surface area (Å²) in [6, 6.07) is 3.38. The molecule has 2 rings (SSSR count). The van der Waals surface area contributed by atoms with Crippen LogP contribution in [-0.4, -0.2) is 43.5 Å². The van der Waals surface area contributed by atoms with Crippen molar-refractivity contribution >= 4 is 31.5 Å². The molecule has 2 heterocycles. The molecule has 1 aliphatic rings. The van der Waals surface area contributed by atoms with E-state index in [0.29, 0.717) is 30.5 Å². The van der Waals surface area contributed by atoms with E-state index in [0.717, 1.165) is 11.9 Å². The van der Waals surface area contributed by atoms with E-state index in [1.54, 1.807) is 12.1 Å². The molecule has 1 fully saturated rings. The lowest BCUT2D eigenvalue weighted by molar-refractivity contribution is 0.0351. The van der Waals surface area contributed by atoms with Crippen molar-refractivity contribution in [3.05, 3.63) is 16.7 Å². The molecule has 1 aromatic rings. The topological polar surface area (TPSA) is 70.5 Å². The number of rotatable bonds is 2. The van der Waals surface area contributed by atoms with Crippen LogP contribution in [0.2, 0.25) is 0 Å². The molecule has 0 atom stereocenters. The maximum Gasteiger partial charge on any atom is 0.192 e. The standard InChI is InChI=1S/C12H17BrN2O3S/c1-12(16)3-5-15(6-4-12)9-7-10(13)14-11(8-9)19(2,17)18/h7-8,16H,3-6H2,1-2H3. The molecule has 19 heavy (non-hydrogen) atoms. The number of piperidine rings is 1. The summed E-state index contributed by atoms with van der Waals surface area (Å²) in [6.45, 7) is 3.23. The van der Waals surface area contributed by atoms with Gasteiger partial charge in [0.05, 0.1) is 5.60 Å². The van der Waals surface area contributed by atoms with Crippen LogP contribution in [0, 0.1) is 0 Å². The first-order chi connectivity index (χ1) is 8.67. The first-order valence-electron chi connectivity index (χ1n) is 6.02. The molecular weight excluding hydrogens is 332 g/mol. The Bertz CT molecular complexity index is 577. The normalized spacial score (nSPS) is 19.5. The molecule has 0 spiro atoms. The molecule has 1 aromatic heterocycles. The molecule has 0 radical (unpaired) electrons. The molecule has 0 unspecified atom stereocenters. The van der Waals surface area contributed by atoms with Gasteiger partial charge in [0.1, 0.15) is 4.60 Å². The summed E-state index contributed by atoms with van der Waals surface area (Å²) in [5, 5.41) is 10.00. The molecule has 1 N–H and O–H groups in total. The molecule has 5 nitrogen and oxygen atoms in total. The number of sulfone groups is 1. The number of hydrogen-bond acceptors (Lipinski definition) is 5. The minimum Gasteiger partial charge on any atom is -0.390 e. The summed E-state index contributed by atoms with van der Waals surface area (Å²) in [5.41, 5.74) is 0.193. The molecule has 106 valence electrons. The SMILES string of the molecule is CC1(O)CCN(c2cc(Br)nc(S(C)(=O)=O)c2)CC1. The monoisotopic (exact) mass is 348 g/mol. The summed E-state index contributed by atoms with van der Waals surface area (Å²) in [4.78, 5) is 6.05. The maximum atomic E-state index is 11.6. The lowest BCUT2D eigenvalue weighted by atomic mass is 9.93. The van der Waals surface area contributed by atoms with Crippen molar-refractivity contribution in [1.29, 1.82) is 0 Å². The van der Waals surface area contributed by atoms with Crippen LogP contribution in [0.1, 0.15) is 19.8 Å². The van der Waals surface area contributed by atoms with Gasteiger partial charge in [0, 0.05) is 25.0 Å². The summed E-state index contributed by atoms with van der Waals surface area (Å²) >= 11 is 3.24. The molecule has 7 heteroatoms. The first-order valence-corrected chi connectivity index (χ1v) is 8.71. The zero-order valence-electron chi connectivity index (χ0n) is 10.9. The summed E-state index contributed by atoms with van der Waals surface area (Å²) in [7, 11) is -3.33. The van der Waals surface area contributed by atoms with E-state index in [2.05, 4.69) is 25.8 Å². The third-order valence-electron chi connectivity index (χ3n) is 3.34. The predicted octanol–water partition coefficient (Wildman–Crippen LogP) is 1.60. The van der Waals surface area contributed by atoms with Crippen molar-refractivity contribution in [3.63, 3.8) is 0 Å². The van der Waals surface area contributed by atoms with Crippen molar-refractivity contribution in [2.45, 2.75) is 30.4 Å². The summed E-state index contributed by atoms with van der Waals surface area (Å²) < 4.78 is 23.7. The Morgan fingerprint density at radius 2 is 1.95 bits per heavy atom. The molecule has 1 aliphatic heterocycles. The van der Waals surface area contributed by atoms with Gasteiger partial charge < -0.3 is 10.0 Å². The quantitative estimate of drug-likeness (QED) is 0.822. The average Bonchev–Trinajstić information content (AvgIpc) is 2.26. The number of aliphatic hydroxyl groups is 1. The average molecular weight is 349 g/mol. The lowest BCUT2D eigenvalue weighted by Gasteiger charge is -2.37. The molecular formula is C12H17BrN2O3S. The van der Waals surface area contributed by atoms with E-state index in [4.69, 9.17) is 0 Å². The third-order valence-corrected chi connectivity index (χ3v) is 4.72. The van der Waals surface area contributed by atoms with E-state index >= 15 is 0 Å². The van der Waals surface area contributed by atoms with Gasteiger partial charge in [-0.1, -0.05) is 0 Å². The highest BCUT2D eigenvalue weighted by Gasteiger charge is 2.28. The van der Waals surface area contributed by atoms with Gasteiger partial charge >= 0.3 is 0 Å². The van der Waals surface area contributed by atoms with Crippen molar-refractivity contribution in [2.24, 2.45) is 0 Å². The Hall–Kier alpha value is -0.660. The van der Waals surface area contributed by atoms with Crippen LogP contribution in [-0.2, 0) is 9.84 Å². The minimum absolute atomic E-state index is 0.0641. The number of anilines is 1. The van der Waals surface area contributed by atoms with Crippen LogP contribution in [0.3, 0.4) is 0 Å². The molecule has 1 saturated heterocycles. The Labute approximate surface area is 121 Å². The number of hydrogen-bond donors (Lipinski definition) is 1. The zero-order chi connectivity index (χ0) is 14.3. The number of pyridine rings is 1. The summed E-state index contributed by atoms with van der Waals surface area (Å²) in [5.74, 6) is 0. The second-order valence-electron chi connectivity index (χ2n) is 5.24. The van der Waals surface area contributed by atoms with Gasteiger partial charge in [-0.05, 0) is 47.8 Å². The number of nitrogens with zero attached hydrogens (tertiary/aromatic N) is 2. The van der Waals surface area contributed by atoms with Gasteiger partial charge in [0.15, 0.2) is 14.9 Å². The highest BCUT2D eigenvalue weighted by atomic mass is 79.9.